The van der Waals surface area contributed by atoms with Crippen LogP contribution in [0.3, 0.4) is 0 Å². The van der Waals surface area contributed by atoms with Gasteiger partial charge in [-0.15, -0.1) is 22.7 Å². The van der Waals surface area contributed by atoms with E-state index in [1.54, 1.807) is 22.7 Å². The van der Waals surface area contributed by atoms with Crippen molar-refractivity contribution in [2.24, 2.45) is 5.11 Å². The molecule has 0 saturated carbocycles. The number of aromatic nitrogens is 1. The van der Waals surface area contributed by atoms with Crippen molar-refractivity contribution in [3.63, 3.8) is 0 Å². The van der Waals surface area contributed by atoms with Crippen LogP contribution in [0.15, 0.2) is 52.3 Å². The average molecular weight is 300 g/mol. The van der Waals surface area contributed by atoms with Crippen LogP contribution in [0, 0.1) is 0 Å². The fourth-order valence-corrected chi connectivity index (χ4v) is 3.70. The first-order chi connectivity index (χ1) is 9.90. The number of rotatable bonds is 5. The molecular formula is C14H12N4S2. The van der Waals surface area contributed by atoms with Gasteiger partial charge in [0.2, 0.25) is 0 Å². The molecule has 3 rings (SSSR count). The summed E-state index contributed by atoms with van der Waals surface area (Å²) >= 11 is 3.44. The lowest BCUT2D eigenvalue weighted by atomic mass is 10.3. The molecule has 0 unspecified atom stereocenters. The molecule has 0 aliphatic rings. The first kappa shape index (κ1) is 13.0. The molecule has 0 bridgehead atoms. The van der Waals surface area contributed by atoms with E-state index in [1.165, 1.54) is 21.1 Å². The van der Waals surface area contributed by atoms with Crippen molar-refractivity contribution in [2.45, 2.75) is 6.54 Å². The Hall–Kier alpha value is -2.01. The maximum Gasteiger partial charge on any atom is 0.0586 e. The predicted octanol–water partition coefficient (Wildman–Crippen LogP) is 5.26. The third-order valence-corrected chi connectivity index (χ3v) is 4.80. The molecule has 0 radical (unpaired) electrons. The van der Waals surface area contributed by atoms with Crippen molar-refractivity contribution in [1.82, 2.24) is 4.57 Å². The molecule has 0 amide bonds. The minimum Gasteiger partial charge on any atom is -0.339 e. The van der Waals surface area contributed by atoms with Crippen LogP contribution >= 0.6 is 22.7 Å². The Bertz CT molecular complexity index is 668. The Morgan fingerprint density at radius 2 is 1.60 bits per heavy atom. The molecule has 0 atom stereocenters. The van der Waals surface area contributed by atoms with E-state index in [1.807, 2.05) is 0 Å². The molecule has 3 aromatic rings. The number of thiophene rings is 2. The topological polar surface area (TPSA) is 53.7 Å². The summed E-state index contributed by atoms with van der Waals surface area (Å²) in [4.78, 5) is 5.30. The van der Waals surface area contributed by atoms with Crippen LogP contribution in [-0.4, -0.2) is 11.1 Å². The van der Waals surface area contributed by atoms with E-state index in [2.05, 4.69) is 61.8 Å². The molecule has 3 aromatic heterocycles. The van der Waals surface area contributed by atoms with Gasteiger partial charge in [-0.3, -0.25) is 0 Å². The van der Waals surface area contributed by atoms with Crippen molar-refractivity contribution < 1.29 is 0 Å². The number of azide groups is 1. The van der Waals surface area contributed by atoms with Gasteiger partial charge in [0, 0.05) is 18.0 Å². The molecule has 0 saturated heterocycles. The molecule has 0 aliphatic heterocycles. The molecular weight excluding hydrogens is 288 g/mol. The van der Waals surface area contributed by atoms with Gasteiger partial charge in [-0.25, -0.2) is 0 Å². The van der Waals surface area contributed by atoms with Gasteiger partial charge in [0.25, 0.3) is 0 Å². The Kier molecular flexibility index (Phi) is 3.87. The Morgan fingerprint density at radius 3 is 2.05 bits per heavy atom. The van der Waals surface area contributed by atoms with Crippen LogP contribution in [0.1, 0.15) is 0 Å². The summed E-state index contributed by atoms with van der Waals surface area (Å²) in [5.74, 6) is 0. The highest BCUT2D eigenvalue weighted by atomic mass is 32.1. The van der Waals surface area contributed by atoms with Crippen molar-refractivity contribution in [3.05, 3.63) is 57.6 Å². The van der Waals surface area contributed by atoms with E-state index in [9.17, 15) is 0 Å². The second-order valence-corrected chi connectivity index (χ2v) is 6.06. The van der Waals surface area contributed by atoms with Crippen LogP contribution in [0.25, 0.3) is 31.6 Å². The molecule has 0 N–H and O–H groups in total. The molecule has 0 fully saturated rings. The second kappa shape index (κ2) is 5.96. The summed E-state index contributed by atoms with van der Waals surface area (Å²) < 4.78 is 2.23. The standard InChI is InChI=1S/C14H12N4S2/c15-17-16-7-8-18-11(13-3-1-9-19-13)5-6-12(18)14-4-2-10-20-14/h1-6,9-10H,7-8H2. The zero-order valence-electron chi connectivity index (χ0n) is 10.6. The summed E-state index contributed by atoms with van der Waals surface area (Å²) in [7, 11) is 0. The highest BCUT2D eigenvalue weighted by Crippen LogP contribution is 2.33. The Labute approximate surface area is 124 Å². The lowest BCUT2D eigenvalue weighted by molar-refractivity contribution is 0.725. The number of hydrogen-bond donors (Lipinski definition) is 0. The van der Waals surface area contributed by atoms with Gasteiger partial charge >= 0.3 is 0 Å². The van der Waals surface area contributed by atoms with Gasteiger partial charge in [-0.1, -0.05) is 17.2 Å². The molecule has 6 heteroatoms. The van der Waals surface area contributed by atoms with Gasteiger partial charge in [-0.2, -0.15) is 0 Å². The van der Waals surface area contributed by atoms with Crippen molar-refractivity contribution in [2.75, 3.05) is 6.54 Å². The summed E-state index contributed by atoms with van der Waals surface area (Å²) in [6.07, 6.45) is 0. The summed E-state index contributed by atoms with van der Waals surface area (Å²) in [5, 5.41) is 7.81. The van der Waals surface area contributed by atoms with Crippen molar-refractivity contribution in [1.29, 1.82) is 0 Å². The Balaban J connectivity index is 2.04. The van der Waals surface area contributed by atoms with E-state index >= 15 is 0 Å². The fraction of sp³-hybridized carbons (Fsp3) is 0.143. The van der Waals surface area contributed by atoms with Gasteiger partial charge in [0.05, 0.1) is 21.1 Å². The SMILES string of the molecule is [N-]=[N+]=NCCn1c(-c2cccs2)ccc1-c1cccs1. The zero-order chi connectivity index (χ0) is 13.8. The lowest BCUT2D eigenvalue weighted by Gasteiger charge is -2.10. The summed E-state index contributed by atoms with van der Waals surface area (Å²) in [6.45, 7) is 1.15. The Morgan fingerprint density at radius 1 is 1.00 bits per heavy atom. The zero-order valence-corrected chi connectivity index (χ0v) is 12.3. The predicted molar refractivity (Wildman–Crippen MR) is 85.1 cm³/mol. The lowest BCUT2D eigenvalue weighted by Crippen LogP contribution is -2.03. The van der Waals surface area contributed by atoms with Crippen LogP contribution in [0.2, 0.25) is 0 Å². The third kappa shape index (κ3) is 2.49. The maximum absolute atomic E-state index is 8.45. The van der Waals surface area contributed by atoms with E-state index in [-0.39, 0.29) is 0 Å². The average Bonchev–Trinajstić information content (AvgIpc) is 3.19. The maximum atomic E-state index is 8.45. The highest BCUT2D eigenvalue weighted by molar-refractivity contribution is 7.14. The van der Waals surface area contributed by atoms with E-state index in [0.29, 0.717) is 13.1 Å². The molecule has 20 heavy (non-hydrogen) atoms. The minimum absolute atomic E-state index is 0.460. The summed E-state index contributed by atoms with van der Waals surface area (Å²) in [6, 6.07) is 12.6. The van der Waals surface area contributed by atoms with Gasteiger partial charge in [-0.05, 0) is 40.6 Å². The molecule has 3 heterocycles. The summed E-state index contributed by atoms with van der Waals surface area (Å²) in [5.41, 5.74) is 10.8. The quantitative estimate of drug-likeness (QED) is 0.351. The van der Waals surface area contributed by atoms with Crippen molar-refractivity contribution in [3.8, 4) is 21.1 Å². The van der Waals surface area contributed by atoms with Crippen LogP contribution in [-0.2, 0) is 6.54 Å². The molecule has 0 aliphatic carbocycles. The largest absolute Gasteiger partial charge is 0.339 e. The van der Waals surface area contributed by atoms with E-state index in [0.717, 1.165) is 0 Å². The smallest absolute Gasteiger partial charge is 0.0586 e. The monoisotopic (exact) mass is 300 g/mol. The first-order valence-corrected chi connectivity index (χ1v) is 7.94. The van der Waals surface area contributed by atoms with E-state index < -0.39 is 0 Å². The highest BCUT2D eigenvalue weighted by Gasteiger charge is 2.12. The van der Waals surface area contributed by atoms with Crippen molar-refractivity contribution >= 4 is 22.7 Å². The molecule has 0 spiro atoms. The van der Waals surface area contributed by atoms with Gasteiger partial charge < -0.3 is 4.57 Å². The minimum atomic E-state index is 0.460. The number of nitrogens with zero attached hydrogens (tertiary/aromatic N) is 4. The molecule has 4 nitrogen and oxygen atoms in total. The second-order valence-electron chi connectivity index (χ2n) is 4.16. The van der Waals surface area contributed by atoms with E-state index in [4.69, 9.17) is 5.53 Å². The van der Waals surface area contributed by atoms with Crippen LogP contribution < -0.4 is 0 Å². The normalized spacial score (nSPS) is 10.4. The molecule has 0 aromatic carbocycles. The first-order valence-electron chi connectivity index (χ1n) is 6.18. The van der Waals surface area contributed by atoms with Crippen LogP contribution in [0.4, 0.5) is 0 Å². The van der Waals surface area contributed by atoms with Gasteiger partial charge in [0.15, 0.2) is 0 Å². The van der Waals surface area contributed by atoms with Gasteiger partial charge in [0.1, 0.15) is 0 Å². The molecule has 100 valence electrons. The fourth-order valence-electron chi connectivity index (χ4n) is 2.18. The third-order valence-electron chi connectivity index (χ3n) is 3.01. The van der Waals surface area contributed by atoms with Crippen LogP contribution in [0.5, 0.6) is 0 Å². The number of hydrogen-bond acceptors (Lipinski definition) is 3.